The molecule has 0 unspecified atom stereocenters. The Hall–Kier alpha value is -2.49. The summed E-state index contributed by atoms with van der Waals surface area (Å²) < 4.78 is 10.6. The average Bonchev–Trinajstić information content (AvgIpc) is 2.88. The zero-order valence-corrected chi connectivity index (χ0v) is 13.4. The van der Waals surface area contributed by atoms with Crippen LogP contribution in [0.3, 0.4) is 0 Å². The first-order valence-corrected chi connectivity index (χ1v) is 7.27. The molecule has 0 saturated carbocycles. The maximum absolute atomic E-state index is 5.35. The molecule has 1 aromatic heterocycles. The van der Waals surface area contributed by atoms with E-state index < -0.39 is 0 Å². The first kappa shape index (κ1) is 14.4. The van der Waals surface area contributed by atoms with Crippen LogP contribution in [0.4, 0.5) is 0 Å². The van der Waals surface area contributed by atoms with Crippen LogP contribution in [0.25, 0.3) is 11.0 Å². The standard InChI is InChI=1S/C18H20N2O2/c1-11-7-14-15(8-12(11)2)20-18(19-14)10-13-5-6-16(21-3)17(9-13)22-4/h5-9H,10H2,1-4H3,(H,19,20). The monoisotopic (exact) mass is 296 g/mol. The number of rotatable bonds is 4. The van der Waals surface area contributed by atoms with E-state index in [-0.39, 0.29) is 0 Å². The molecule has 1 N–H and O–H groups in total. The van der Waals surface area contributed by atoms with Gasteiger partial charge < -0.3 is 14.5 Å². The van der Waals surface area contributed by atoms with E-state index in [1.54, 1.807) is 14.2 Å². The van der Waals surface area contributed by atoms with E-state index in [9.17, 15) is 0 Å². The molecule has 0 aliphatic carbocycles. The van der Waals surface area contributed by atoms with Crippen molar-refractivity contribution < 1.29 is 9.47 Å². The summed E-state index contributed by atoms with van der Waals surface area (Å²) in [7, 11) is 3.29. The molecule has 0 saturated heterocycles. The molecule has 0 bridgehead atoms. The minimum absolute atomic E-state index is 0.729. The van der Waals surface area contributed by atoms with Gasteiger partial charge in [-0.1, -0.05) is 6.07 Å². The Morgan fingerprint density at radius 2 is 1.68 bits per heavy atom. The number of aromatic nitrogens is 2. The lowest BCUT2D eigenvalue weighted by atomic mass is 10.1. The fourth-order valence-electron chi connectivity index (χ4n) is 2.59. The molecule has 0 atom stereocenters. The van der Waals surface area contributed by atoms with Gasteiger partial charge in [0.1, 0.15) is 5.82 Å². The third kappa shape index (κ3) is 2.64. The molecule has 114 valence electrons. The third-order valence-electron chi connectivity index (χ3n) is 3.97. The fraction of sp³-hybridized carbons (Fsp3) is 0.278. The van der Waals surface area contributed by atoms with Crippen molar-refractivity contribution in [2.45, 2.75) is 20.3 Å². The van der Waals surface area contributed by atoms with Crippen molar-refractivity contribution in [2.75, 3.05) is 14.2 Å². The number of H-pyrrole nitrogens is 1. The number of aromatic amines is 1. The van der Waals surface area contributed by atoms with Gasteiger partial charge in [-0.2, -0.15) is 0 Å². The lowest BCUT2D eigenvalue weighted by molar-refractivity contribution is 0.354. The zero-order chi connectivity index (χ0) is 15.7. The largest absolute Gasteiger partial charge is 0.493 e. The number of imidazole rings is 1. The molecule has 2 aromatic carbocycles. The van der Waals surface area contributed by atoms with Crippen molar-refractivity contribution in [3.8, 4) is 11.5 Å². The van der Waals surface area contributed by atoms with Crippen LogP contribution >= 0.6 is 0 Å². The normalized spacial score (nSPS) is 10.9. The Morgan fingerprint density at radius 3 is 2.41 bits per heavy atom. The Bertz CT molecular complexity index is 782. The van der Waals surface area contributed by atoms with E-state index in [2.05, 4.69) is 35.9 Å². The quantitative estimate of drug-likeness (QED) is 0.797. The number of hydrogen-bond acceptors (Lipinski definition) is 3. The Labute approximate surface area is 130 Å². The molecule has 0 aliphatic heterocycles. The number of hydrogen-bond donors (Lipinski definition) is 1. The number of nitrogens with zero attached hydrogens (tertiary/aromatic N) is 1. The van der Waals surface area contributed by atoms with Crippen LogP contribution in [0.1, 0.15) is 22.5 Å². The number of fused-ring (bicyclic) bond motifs is 1. The highest BCUT2D eigenvalue weighted by molar-refractivity contribution is 5.77. The zero-order valence-electron chi connectivity index (χ0n) is 13.4. The van der Waals surface area contributed by atoms with Gasteiger partial charge in [-0.25, -0.2) is 4.98 Å². The van der Waals surface area contributed by atoms with Crippen molar-refractivity contribution >= 4 is 11.0 Å². The van der Waals surface area contributed by atoms with Crippen LogP contribution in [0.2, 0.25) is 0 Å². The van der Waals surface area contributed by atoms with E-state index in [1.807, 2.05) is 18.2 Å². The van der Waals surface area contributed by atoms with Crippen molar-refractivity contribution in [1.29, 1.82) is 0 Å². The number of benzene rings is 2. The van der Waals surface area contributed by atoms with Gasteiger partial charge in [-0.3, -0.25) is 0 Å². The van der Waals surface area contributed by atoms with Gasteiger partial charge in [-0.05, 0) is 54.8 Å². The summed E-state index contributed by atoms with van der Waals surface area (Å²) in [5, 5.41) is 0. The highest BCUT2D eigenvalue weighted by atomic mass is 16.5. The topological polar surface area (TPSA) is 47.1 Å². The fourth-order valence-corrected chi connectivity index (χ4v) is 2.59. The molecule has 4 heteroatoms. The molecule has 0 aliphatic rings. The molecule has 1 heterocycles. The van der Waals surface area contributed by atoms with Crippen molar-refractivity contribution in [3.63, 3.8) is 0 Å². The van der Waals surface area contributed by atoms with E-state index in [0.717, 1.165) is 40.3 Å². The molecule has 0 amide bonds. The molecule has 0 fully saturated rings. The van der Waals surface area contributed by atoms with E-state index in [0.29, 0.717) is 0 Å². The molecule has 22 heavy (non-hydrogen) atoms. The summed E-state index contributed by atoms with van der Waals surface area (Å²) in [6, 6.07) is 10.2. The van der Waals surface area contributed by atoms with Crippen molar-refractivity contribution in [2.24, 2.45) is 0 Å². The van der Waals surface area contributed by atoms with Crippen LogP contribution in [0.15, 0.2) is 30.3 Å². The van der Waals surface area contributed by atoms with E-state index in [1.165, 1.54) is 11.1 Å². The van der Waals surface area contributed by atoms with Crippen LogP contribution in [0.5, 0.6) is 11.5 Å². The maximum atomic E-state index is 5.35. The predicted octanol–water partition coefficient (Wildman–Crippen LogP) is 3.79. The van der Waals surface area contributed by atoms with Gasteiger partial charge in [0, 0.05) is 6.42 Å². The molecule has 4 nitrogen and oxygen atoms in total. The van der Waals surface area contributed by atoms with Gasteiger partial charge in [0.05, 0.1) is 25.3 Å². The van der Waals surface area contributed by atoms with Crippen LogP contribution in [0, 0.1) is 13.8 Å². The van der Waals surface area contributed by atoms with Gasteiger partial charge in [0.25, 0.3) is 0 Å². The minimum Gasteiger partial charge on any atom is -0.493 e. The Balaban J connectivity index is 1.92. The number of aryl methyl sites for hydroxylation is 2. The number of methoxy groups -OCH3 is 2. The molecule has 3 rings (SSSR count). The van der Waals surface area contributed by atoms with Crippen molar-refractivity contribution in [3.05, 3.63) is 52.8 Å². The smallest absolute Gasteiger partial charge is 0.161 e. The highest BCUT2D eigenvalue weighted by Crippen LogP contribution is 2.28. The Morgan fingerprint density at radius 1 is 0.955 bits per heavy atom. The third-order valence-corrected chi connectivity index (χ3v) is 3.97. The molecule has 0 spiro atoms. The summed E-state index contributed by atoms with van der Waals surface area (Å²) >= 11 is 0. The summed E-state index contributed by atoms with van der Waals surface area (Å²) in [4.78, 5) is 8.08. The second-order valence-corrected chi connectivity index (χ2v) is 5.50. The maximum Gasteiger partial charge on any atom is 0.161 e. The molecule has 3 aromatic rings. The second kappa shape index (κ2) is 5.72. The van der Waals surface area contributed by atoms with E-state index in [4.69, 9.17) is 9.47 Å². The molecular weight excluding hydrogens is 276 g/mol. The lowest BCUT2D eigenvalue weighted by Gasteiger charge is -2.08. The summed E-state index contributed by atoms with van der Waals surface area (Å²) in [5.41, 5.74) is 5.76. The predicted molar refractivity (Wildman–Crippen MR) is 87.9 cm³/mol. The highest BCUT2D eigenvalue weighted by Gasteiger charge is 2.08. The van der Waals surface area contributed by atoms with Gasteiger partial charge in [-0.15, -0.1) is 0 Å². The first-order valence-electron chi connectivity index (χ1n) is 7.27. The van der Waals surface area contributed by atoms with Gasteiger partial charge in [0.15, 0.2) is 11.5 Å². The molecule has 0 radical (unpaired) electrons. The summed E-state index contributed by atoms with van der Waals surface area (Å²) in [5.74, 6) is 2.43. The van der Waals surface area contributed by atoms with Gasteiger partial charge in [0.2, 0.25) is 0 Å². The SMILES string of the molecule is COc1ccc(Cc2nc3cc(C)c(C)cc3[nH]2)cc1OC. The summed E-state index contributed by atoms with van der Waals surface area (Å²) in [6.07, 6.45) is 0.729. The number of ether oxygens (including phenoxy) is 2. The van der Waals surface area contributed by atoms with Crippen LogP contribution < -0.4 is 9.47 Å². The average molecular weight is 296 g/mol. The molecular formula is C18H20N2O2. The first-order chi connectivity index (χ1) is 10.6. The Kier molecular flexibility index (Phi) is 3.75. The second-order valence-electron chi connectivity index (χ2n) is 5.50. The van der Waals surface area contributed by atoms with E-state index >= 15 is 0 Å². The lowest BCUT2D eigenvalue weighted by Crippen LogP contribution is -1.94. The van der Waals surface area contributed by atoms with Crippen LogP contribution in [-0.2, 0) is 6.42 Å². The van der Waals surface area contributed by atoms with Gasteiger partial charge >= 0.3 is 0 Å². The number of nitrogens with one attached hydrogen (secondary N) is 1. The summed E-state index contributed by atoms with van der Waals surface area (Å²) in [6.45, 7) is 4.22. The minimum atomic E-state index is 0.729. The van der Waals surface area contributed by atoms with Crippen molar-refractivity contribution in [1.82, 2.24) is 9.97 Å². The van der Waals surface area contributed by atoms with Crippen LogP contribution in [-0.4, -0.2) is 24.2 Å².